The predicted octanol–water partition coefficient (Wildman–Crippen LogP) is 1.03. The highest BCUT2D eigenvalue weighted by molar-refractivity contribution is 5.89. The van der Waals surface area contributed by atoms with E-state index in [1.54, 1.807) is 11.0 Å². The molecule has 0 unspecified atom stereocenters. The Bertz CT molecular complexity index is 545. The first-order valence-corrected chi connectivity index (χ1v) is 6.23. The standard InChI is InChI=1S/C14H15FN2O3/c15-13-10-12(4-3-11(13)2-1-7-18)16-14(19)17-5-8-20-9-6-17/h3-4,10,18H,5-9H2,(H,16,19). The number of aliphatic hydroxyl groups excluding tert-OH is 1. The highest BCUT2D eigenvalue weighted by atomic mass is 19.1. The van der Waals surface area contributed by atoms with Gasteiger partial charge in [-0.05, 0) is 18.2 Å². The third-order valence-corrected chi connectivity index (χ3v) is 2.82. The number of anilines is 1. The minimum atomic E-state index is -0.536. The second-order valence-electron chi connectivity index (χ2n) is 4.18. The van der Waals surface area contributed by atoms with E-state index in [-0.39, 0.29) is 18.2 Å². The van der Waals surface area contributed by atoms with E-state index in [1.807, 2.05) is 0 Å². The summed E-state index contributed by atoms with van der Waals surface area (Å²) in [4.78, 5) is 13.5. The highest BCUT2D eigenvalue weighted by Crippen LogP contribution is 2.14. The Kier molecular flexibility index (Phi) is 4.93. The molecule has 2 N–H and O–H groups in total. The number of urea groups is 1. The van der Waals surface area contributed by atoms with E-state index in [4.69, 9.17) is 9.84 Å². The normalized spacial score (nSPS) is 14.4. The Morgan fingerprint density at radius 3 is 2.85 bits per heavy atom. The van der Waals surface area contributed by atoms with Gasteiger partial charge in [-0.2, -0.15) is 0 Å². The molecular weight excluding hydrogens is 263 g/mol. The minimum absolute atomic E-state index is 0.184. The summed E-state index contributed by atoms with van der Waals surface area (Å²) in [5, 5.41) is 11.2. The number of amides is 2. The molecule has 0 atom stereocenters. The first-order chi connectivity index (χ1) is 9.70. The Balaban J connectivity index is 2.02. The molecule has 2 amide bonds. The van der Waals surface area contributed by atoms with Gasteiger partial charge in [0, 0.05) is 18.8 Å². The monoisotopic (exact) mass is 278 g/mol. The third kappa shape index (κ3) is 3.70. The molecule has 0 aromatic heterocycles. The Labute approximate surface area is 116 Å². The number of morpholine rings is 1. The van der Waals surface area contributed by atoms with Crippen LogP contribution in [0.15, 0.2) is 18.2 Å². The predicted molar refractivity (Wildman–Crippen MR) is 71.8 cm³/mol. The van der Waals surface area contributed by atoms with Gasteiger partial charge in [0.2, 0.25) is 0 Å². The molecule has 0 radical (unpaired) electrons. The fraction of sp³-hybridized carbons (Fsp3) is 0.357. The number of rotatable bonds is 1. The lowest BCUT2D eigenvalue weighted by Crippen LogP contribution is -2.43. The summed E-state index contributed by atoms with van der Waals surface area (Å²) in [5.74, 6) is 4.33. The summed E-state index contributed by atoms with van der Waals surface area (Å²) in [7, 11) is 0. The lowest BCUT2D eigenvalue weighted by atomic mass is 10.2. The van der Waals surface area contributed by atoms with Gasteiger partial charge >= 0.3 is 6.03 Å². The van der Waals surface area contributed by atoms with E-state index in [1.165, 1.54) is 12.1 Å². The zero-order valence-electron chi connectivity index (χ0n) is 10.9. The van der Waals surface area contributed by atoms with Crippen LogP contribution in [0.2, 0.25) is 0 Å². The molecule has 1 saturated heterocycles. The van der Waals surface area contributed by atoms with Crippen molar-refractivity contribution in [2.45, 2.75) is 0 Å². The maximum absolute atomic E-state index is 13.7. The molecule has 0 bridgehead atoms. The molecule has 1 aromatic carbocycles. The Hall–Kier alpha value is -2.10. The Morgan fingerprint density at radius 2 is 2.20 bits per heavy atom. The maximum Gasteiger partial charge on any atom is 0.322 e. The lowest BCUT2D eigenvalue weighted by Gasteiger charge is -2.26. The van der Waals surface area contributed by atoms with Crippen molar-refractivity contribution in [2.75, 3.05) is 38.2 Å². The molecule has 20 heavy (non-hydrogen) atoms. The average molecular weight is 278 g/mol. The van der Waals surface area contributed by atoms with E-state index >= 15 is 0 Å². The average Bonchev–Trinajstić information content (AvgIpc) is 2.47. The molecule has 0 saturated carbocycles. The number of aliphatic hydroxyl groups is 1. The first-order valence-electron chi connectivity index (χ1n) is 6.23. The van der Waals surface area contributed by atoms with Crippen LogP contribution in [0.25, 0.3) is 0 Å². The van der Waals surface area contributed by atoms with Gasteiger partial charge in [-0.25, -0.2) is 9.18 Å². The second kappa shape index (κ2) is 6.89. The van der Waals surface area contributed by atoms with E-state index < -0.39 is 5.82 Å². The molecule has 1 aliphatic heterocycles. The SMILES string of the molecule is O=C(Nc1ccc(C#CCO)c(F)c1)N1CCOCC1. The number of carbonyl (C=O) groups excluding carboxylic acids is 1. The molecule has 1 heterocycles. The molecule has 6 heteroatoms. The molecular formula is C14H15FN2O3. The molecule has 0 spiro atoms. The summed E-state index contributed by atoms with van der Waals surface area (Å²) >= 11 is 0. The van der Waals surface area contributed by atoms with E-state index in [0.717, 1.165) is 0 Å². The van der Waals surface area contributed by atoms with E-state index in [0.29, 0.717) is 32.0 Å². The van der Waals surface area contributed by atoms with Crippen LogP contribution in [0.3, 0.4) is 0 Å². The number of nitrogens with zero attached hydrogens (tertiary/aromatic N) is 1. The number of nitrogens with one attached hydrogen (secondary N) is 1. The molecule has 1 aliphatic rings. The van der Waals surface area contributed by atoms with Crippen LogP contribution in [0, 0.1) is 17.7 Å². The number of ether oxygens (including phenoxy) is 1. The molecule has 2 rings (SSSR count). The summed E-state index contributed by atoms with van der Waals surface area (Å²) < 4.78 is 18.9. The largest absolute Gasteiger partial charge is 0.384 e. The smallest absolute Gasteiger partial charge is 0.322 e. The fourth-order valence-electron chi connectivity index (χ4n) is 1.80. The number of carbonyl (C=O) groups is 1. The van der Waals surface area contributed by atoms with Crippen molar-refractivity contribution in [3.63, 3.8) is 0 Å². The van der Waals surface area contributed by atoms with Crippen molar-refractivity contribution in [1.29, 1.82) is 0 Å². The molecule has 1 aromatic rings. The van der Waals surface area contributed by atoms with Gasteiger partial charge in [0.05, 0.1) is 18.8 Å². The summed E-state index contributed by atoms with van der Waals surface area (Å²) in [6.45, 7) is 1.74. The second-order valence-corrected chi connectivity index (χ2v) is 4.18. The summed E-state index contributed by atoms with van der Waals surface area (Å²) in [6.07, 6.45) is 0. The topological polar surface area (TPSA) is 61.8 Å². The molecule has 106 valence electrons. The fourth-order valence-corrected chi connectivity index (χ4v) is 1.80. The zero-order chi connectivity index (χ0) is 14.4. The van der Waals surface area contributed by atoms with Gasteiger partial charge in [0.25, 0.3) is 0 Å². The number of benzene rings is 1. The minimum Gasteiger partial charge on any atom is -0.384 e. The van der Waals surface area contributed by atoms with Crippen LogP contribution in [-0.2, 0) is 4.74 Å². The van der Waals surface area contributed by atoms with E-state index in [2.05, 4.69) is 17.2 Å². The van der Waals surface area contributed by atoms with Crippen molar-refractivity contribution in [2.24, 2.45) is 0 Å². The van der Waals surface area contributed by atoms with E-state index in [9.17, 15) is 9.18 Å². The lowest BCUT2D eigenvalue weighted by molar-refractivity contribution is 0.0564. The van der Waals surface area contributed by atoms with Gasteiger partial charge in [0.1, 0.15) is 12.4 Å². The van der Waals surface area contributed by atoms with Crippen LogP contribution in [-0.4, -0.2) is 48.9 Å². The number of hydrogen-bond acceptors (Lipinski definition) is 3. The van der Waals surface area contributed by atoms with Crippen molar-refractivity contribution in [3.05, 3.63) is 29.6 Å². The number of hydrogen-bond donors (Lipinski definition) is 2. The number of halogens is 1. The maximum atomic E-state index is 13.7. The van der Waals surface area contributed by atoms with Gasteiger partial charge in [-0.3, -0.25) is 0 Å². The van der Waals surface area contributed by atoms with Gasteiger partial charge in [0.15, 0.2) is 0 Å². The van der Waals surface area contributed by atoms with Gasteiger partial charge in [-0.1, -0.05) is 11.8 Å². The van der Waals surface area contributed by atoms with Crippen molar-refractivity contribution in [1.82, 2.24) is 4.90 Å². The molecule has 1 fully saturated rings. The van der Waals surface area contributed by atoms with Crippen LogP contribution >= 0.6 is 0 Å². The van der Waals surface area contributed by atoms with Gasteiger partial charge in [-0.15, -0.1) is 0 Å². The van der Waals surface area contributed by atoms with Crippen LogP contribution < -0.4 is 5.32 Å². The highest BCUT2D eigenvalue weighted by Gasteiger charge is 2.16. The Morgan fingerprint density at radius 1 is 1.45 bits per heavy atom. The quantitative estimate of drug-likeness (QED) is 0.754. The summed E-state index contributed by atoms with van der Waals surface area (Å²) in [5.41, 5.74) is 0.553. The van der Waals surface area contributed by atoms with Crippen LogP contribution in [0.5, 0.6) is 0 Å². The molecule has 5 nitrogen and oxygen atoms in total. The summed E-state index contributed by atoms with van der Waals surface area (Å²) in [6, 6.07) is 3.97. The van der Waals surface area contributed by atoms with Crippen molar-refractivity contribution >= 4 is 11.7 Å². The first kappa shape index (κ1) is 14.3. The van der Waals surface area contributed by atoms with Gasteiger partial charge < -0.3 is 20.1 Å². The van der Waals surface area contributed by atoms with Crippen molar-refractivity contribution in [3.8, 4) is 11.8 Å². The van der Waals surface area contributed by atoms with Crippen molar-refractivity contribution < 1.29 is 19.0 Å². The third-order valence-electron chi connectivity index (χ3n) is 2.82. The van der Waals surface area contributed by atoms with Crippen LogP contribution in [0.1, 0.15) is 5.56 Å². The zero-order valence-corrected chi connectivity index (χ0v) is 10.9. The van der Waals surface area contributed by atoms with Crippen LogP contribution in [0.4, 0.5) is 14.9 Å². The molecule has 0 aliphatic carbocycles.